The number of ether oxygens (including phenoxy) is 2. The second kappa shape index (κ2) is 4.93. The maximum atomic E-state index is 5.51. The Morgan fingerprint density at radius 3 is 3.06 bits per heavy atom. The highest BCUT2D eigenvalue weighted by molar-refractivity contribution is 5.32. The molecule has 16 heavy (non-hydrogen) atoms. The van der Waals surface area contributed by atoms with E-state index in [0.29, 0.717) is 11.9 Å². The number of hydrogen-bond donors (Lipinski definition) is 2. The SMILES string of the molecule is COc1nc(N)nc(NCC2CCOC2)n1. The van der Waals surface area contributed by atoms with Gasteiger partial charge in [0.1, 0.15) is 0 Å². The third-order valence-electron chi connectivity index (χ3n) is 2.39. The van der Waals surface area contributed by atoms with E-state index in [2.05, 4.69) is 20.3 Å². The minimum atomic E-state index is 0.150. The molecule has 1 atom stereocenters. The zero-order chi connectivity index (χ0) is 11.4. The van der Waals surface area contributed by atoms with E-state index < -0.39 is 0 Å². The highest BCUT2D eigenvalue weighted by Crippen LogP contribution is 2.14. The molecule has 3 N–H and O–H groups in total. The minimum Gasteiger partial charge on any atom is -0.467 e. The van der Waals surface area contributed by atoms with Gasteiger partial charge >= 0.3 is 6.01 Å². The number of nitrogen functional groups attached to an aromatic ring is 1. The molecule has 0 saturated carbocycles. The molecule has 2 rings (SSSR count). The monoisotopic (exact) mass is 225 g/mol. The topological polar surface area (TPSA) is 95.2 Å². The fraction of sp³-hybridized carbons (Fsp3) is 0.667. The number of anilines is 2. The van der Waals surface area contributed by atoms with E-state index in [0.717, 1.165) is 26.2 Å². The first-order valence-electron chi connectivity index (χ1n) is 5.15. The summed E-state index contributed by atoms with van der Waals surface area (Å²) in [5.74, 6) is 1.09. The summed E-state index contributed by atoms with van der Waals surface area (Å²) in [5.41, 5.74) is 5.51. The summed E-state index contributed by atoms with van der Waals surface area (Å²) in [5, 5.41) is 3.10. The average Bonchev–Trinajstić information content (AvgIpc) is 2.78. The highest BCUT2D eigenvalue weighted by Gasteiger charge is 2.15. The third kappa shape index (κ3) is 2.69. The summed E-state index contributed by atoms with van der Waals surface area (Å²) in [6.07, 6.45) is 1.06. The first kappa shape index (κ1) is 10.9. The molecule has 1 unspecified atom stereocenters. The standard InChI is InChI=1S/C9H15N5O2/c1-15-9-13-7(10)12-8(14-9)11-4-6-2-3-16-5-6/h6H,2-5H2,1H3,(H3,10,11,12,13,14). The zero-order valence-electron chi connectivity index (χ0n) is 9.14. The number of nitrogens with one attached hydrogen (secondary N) is 1. The normalized spacial score (nSPS) is 19.7. The van der Waals surface area contributed by atoms with Crippen molar-refractivity contribution >= 4 is 11.9 Å². The average molecular weight is 225 g/mol. The smallest absolute Gasteiger partial charge is 0.322 e. The Labute approximate surface area is 93.4 Å². The van der Waals surface area contributed by atoms with Crippen molar-refractivity contribution in [2.45, 2.75) is 6.42 Å². The Morgan fingerprint density at radius 2 is 2.38 bits per heavy atom. The number of aromatic nitrogens is 3. The molecule has 0 radical (unpaired) electrons. The predicted octanol–water partition coefficient (Wildman–Crippen LogP) is -0.0892. The Morgan fingerprint density at radius 1 is 1.50 bits per heavy atom. The van der Waals surface area contributed by atoms with Gasteiger partial charge in [-0.3, -0.25) is 0 Å². The van der Waals surface area contributed by atoms with Crippen LogP contribution in [-0.4, -0.2) is 41.8 Å². The summed E-state index contributed by atoms with van der Waals surface area (Å²) in [6.45, 7) is 2.38. The largest absolute Gasteiger partial charge is 0.467 e. The van der Waals surface area contributed by atoms with Crippen molar-refractivity contribution in [1.82, 2.24) is 15.0 Å². The molecule has 0 aliphatic carbocycles. The summed E-state index contributed by atoms with van der Waals surface area (Å²) in [4.78, 5) is 11.8. The van der Waals surface area contributed by atoms with Crippen LogP contribution < -0.4 is 15.8 Å². The van der Waals surface area contributed by atoms with E-state index in [1.54, 1.807) is 0 Å². The van der Waals surface area contributed by atoms with Crippen LogP contribution in [0, 0.1) is 5.92 Å². The molecular formula is C9H15N5O2. The molecule has 0 bridgehead atoms. The lowest BCUT2D eigenvalue weighted by Crippen LogP contribution is -2.16. The fourth-order valence-corrected chi connectivity index (χ4v) is 1.52. The van der Waals surface area contributed by atoms with Gasteiger partial charge in [-0.25, -0.2) is 0 Å². The number of hydrogen-bond acceptors (Lipinski definition) is 7. The lowest BCUT2D eigenvalue weighted by atomic mass is 10.1. The molecule has 1 fully saturated rings. The molecule has 1 aliphatic heterocycles. The van der Waals surface area contributed by atoms with Gasteiger partial charge in [-0.15, -0.1) is 0 Å². The van der Waals surface area contributed by atoms with Crippen molar-refractivity contribution in [2.24, 2.45) is 5.92 Å². The van der Waals surface area contributed by atoms with E-state index in [-0.39, 0.29) is 12.0 Å². The molecule has 0 amide bonds. The molecule has 1 aromatic rings. The van der Waals surface area contributed by atoms with Crippen molar-refractivity contribution in [3.8, 4) is 6.01 Å². The molecule has 88 valence electrons. The lowest BCUT2D eigenvalue weighted by molar-refractivity contribution is 0.187. The first-order chi connectivity index (χ1) is 7.78. The van der Waals surface area contributed by atoms with Crippen LogP contribution >= 0.6 is 0 Å². The van der Waals surface area contributed by atoms with Crippen LogP contribution in [0.15, 0.2) is 0 Å². The minimum absolute atomic E-state index is 0.150. The molecule has 1 aliphatic rings. The van der Waals surface area contributed by atoms with Gasteiger partial charge in [0.15, 0.2) is 0 Å². The van der Waals surface area contributed by atoms with Crippen LogP contribution in [0.3, 0.4) is 0 Å². The van der Waals surface area contributed by atoms with Crippen LogP contribution in [0.4, 0.5) is 11.9 Å². The van der Waals surface area contributed by atoms with Crippen molar-refractivity contribution in [1.29, 1.82) is 0 Å². The second-order valence-electron chi connectivity index (χ2n) is 3.61. The highest BCUT2D eigenvalue weighted by atomic mass is 16.5. The van der Waals surface area contributed by atoms with Crippen molar-refractivity contribution in [3.05, 3.63) is 0 Å². The summed E-state index contributed by atoms with van der Waals surface area (Å²) in [6, 6.07) is 0.220. The van der Waals surface area contributed by atoms with Gasteiger partial charge < -0.3 is 20.5 Å². The van der Waals surface area contributed by atoms with Crippen LogP contribution in [0.25, 0.3) is 0 Å². The number of nitrogens with zero attached hydrogens (tertiary/aromatic N) is 3. The van der Waals surface area contributed by atoms with E-state index in [1.807, 2.05) is 0 Å². The summed E-state index contributed by atoms with van der Waals surface area (Å²) in [7, 11) is 1.49. The Balaban J connectivity index is 1.94. The summed E-state index contributed by atoms with van der Waals surface area (Å²) < 4.78 is 10.2. The quantitative estimate of drug-likeness (QED) is 0.739. The first-order valence-corrected chi connectivity index (χ1v) is 5.15. The van der Waals surface area contributed by atoms with Gasteiger partial charge in [-0.1, -0.05) is 0 Å². The van der Waals surface area contributed by atoms with E-state index in [1.165, 1.54) is 7.11 Å². The molecule has 1 saturated heterocycles. The molecule has 2 heterocycles. The van der Waals surface area contributed by atoms with Crippen molar-refractivity contribution in [3.63, 3.8) is 0 Å². The molecular weight excluding hydrogens is 210 g/mol. The third-order valence-corrected chi connectivity index (χ3v) is 2.39. The maximum Gasteiger partial charge on any atom is 0.322 e. The molecule has 7 nitrogen and oxygen atoms in total. The van der Waals surface area contributed by atoms with Crippen LogP contribution in [0.5, 0.6) is 6.01 Å². The summed E-state index contributed by atoms with van der Waals surface area (Å²) >= 11 is 0. The van der Waals surface area contributed by atoms with Crippen molar-refractivity contribution < 1.29 is 9.47 Å². The fourth-order valence-electron chi connectivity index (χ4n) is 1.52. The Hall–Kier alpha value is -1.63. The Kier molecular flexibility index (Phi) is 3.35. The van der Waals surface area contributed by atoms with E-state index >= 15 is 0 Å². The molecule has 0 aromatic carbocycles. The molecule has 1 aromatic heterocycles. The zero-order valence-corrected chi connectivity index (χ0v) is 9.14. The van der Waals surface area contributed by atoms with Gasteiger partial charge in [0.25, 0.3) is 0 Å². The second-order valence-corrected chi connectivity index (χ2v) is 3.61. The predicted molar refractivity (Wildman–Crippen MR) is 58.2 cm³/mol. The van der Waals surface area contributed by atoms with Crippen LogP contribution in [0.2, 0.25) is 0 Å². The van der Waals surface area contributed by atoms with Gasteiger partial charge in [0, 0.05) is 19.1 Å². The van der Waals surface area contributed by atoms with Gasteiger partial charge in [-0.2, -0.15) is 15.0 Å². The number of methoxy groups -OCH3 is 1. The lowest BCUT2D eigenvalue weighted by Gasteiger charge is -2.09. The molecule has 0 spiro atoms. The number of nitrogens with two attached hydrogens (primary N) is 1. The number of rotatable bonds is 4. The van der Waals surface area contributed by atoms with Gasteiger partial charge in [0.2, 0.25) is 11.9 Å². The molecule has 7 heteroatoms. The maximum absolute atomic E-state index is 5.51. The Bertz CT molecular complexity index is 354. The van der Waals surface area contributed by atoms with Gasteiger partial charge in [0.05, 0.1) is 13.7 Å². The van der Waals surface area contributed by atoms with Crippen LogP contribution in [0.1, 0.15) is 6.42 Å². The van der Waals surface area contributed by atoms with Crippen LogP contribution in [-0.2, 0) is 4.74 Å². The van der Waals surface area contributed by atoms with Gasteiger partial charge in [-0.05, 0) is 6.42 Å². The van der Waals surface area contributed by atoms with Crippen molar-refractivity contribution in [2.75, 3.05) is 37.9 Å². The van der Waals surface area contributed by atoms with E-state index in [9.17, 15) is 0 Å². The van der Waals surface area contributed by atoms with E-state index in [4.69, 9.17) is 15.2 Å².